The van der Waals surface area contributed by atoms with Crippen LogP contribution in [-0.4, -0.2) is 34.8 Å². The Morgan fingerprint density at radius 2 is 1.97 bits per heavy atom. The van der Waals surface area contributed by atoms with Crippen LogP contribution >= 0.6 is 23.4 Å². The molecule has 1 aliphatic carbocycles. The lowest BCUT2D eigenvalue weighted by molar-refractivity contribution is -0.384. The molecule has 2 amide bonds. The zero-order valence-electron chi connectivity index (χ0n) is 16.4. The van der Waals surface area contributed by atoms with Crippen LogP contribution in [0.5, 0.6) is 0 Å². The number of rotatable bonds is 8. The van der Waals surface area contributed by atoms with E-state index in [1.54, 1.807) is 11.8 Å². The molecule has 7 nitrogen and oxygen atoms in total. The number of amides is 2. The van der Waals surface area contributed by atoms with Gasteiger partial charge < -0.3 is 10.6 Å². The summed E-state index contributed by atoms with van der Waals surface area (Å²) >= 11 is 7.37. The van der Waals surface area contributed by atoms with E-state index in [-0.39, 0.29) is 22.2 Å². The van der Waals surface area contributed by atoms with E-state index in [1.165, 1.54) is 23.3 Å². The summed E-state index contributed by atoms with van der Waals surface area (Å²) < 4.78 is 0. The van der Waals surface area contributed by atoms with E-state index >= 15 is 0 Å². The number of benzene rings is 2. The molecule has 0 aliphatic heterocycles. The number of nitro benzene ring substituents is 1. The second-order valence-corrected chi connectivity index (χ2v) is 8.45. The molecule has 9 heteroatoms. The predicted molar refractivity (Wildman–Crippen MR) is 119 cm³/mol. The lowest BCUT2D eigenvalue weighted by Gasteiger charge is -2.18. The molecule has 0 fully saturated rings. The quantitative estimate of drug-likeness (QED) is 0.465. The molecule has 0 aromatic heterocycles. The second kappa shape index (κ2) is 9.95. The minimum Gasteiger partial charge on any atom is -0.340 e. The summed E-state index contributed by atoms with van der Waals surface area (Å²) in [6.45, 7) is 0. The number of fused-ring (bicyclic) bond motifs is 1. The van der Waals surface area contributed by atoms with Crippen LogP contribution in [0.1, 0.15) is 34.3 Å². The van der Waals surface area contributed by atoms with Gasteiger partial charge in [0.15, 0.2) is 0 Å². The standard InChI is InChI=1S/C21H22ClN3O4S/c1-30-10-9-18(21(27)23-16-7-5-13-3-2-4-14(13)11-16)24-20(26)15-6-8-17(22)19(12-15)25(28)29/h5-8,11-12,18H,2-4,9-10H2,1H3,(H,23,27)(H,24,26)/t18-/m1/s1. The number of nitrogens with zero attached hydrogens (tertiary/aromatic N) is 1. The van der Waals surface area contributed by atoms with Gasteiger partial charge in [0, 0.05) is 17.3 Å². The maximum atomic E-state index is 12.9. The van der Waals surface area contributed by atoms with Crippen LogP contribution in [0.2, 0.25) is 5.02 Å². The average Bonchev–Trinajstić information content (AvgIpc) is 3.18. The maximum absolute atomic E-state index is 12.9. The van der Waals surface area contributed by atoms with Crippen LogP contribution in [0, 0.1) is 10.1 Å². The minimum absolute atomic E-state index is 0.0511. The van der Waals surface area contributed by atoms with Gasteiger partial charge in [0.2, 0.25) is 5.91 Å². The van der Waals surface area contributed by atoms with Gasteiger partial charge in [0.05, 0.1) is 4.92 Å². The van der Waals surface area contributed by atoms with Crippen LogP contribution in [0.15, 0.2) is 36.4 Å². The molecular weight excluding hydrogens is 426 g/mol. The van der Waals surface area contributed by atoms with Crippen molar-refractivity contribution in [3.05, 3.63) is 68.2 Å². The summed E-state index contributed by atoms with van der Waals surface area (Å²) in [4.78, 5) is 35.9. The molecule has 0 spiro atoms. The Morgan fingerprint density at radius 3 is 2.70 bits per heavy atom. The number of hydrogen-bond donors (Lipinski definition) is 2. The first-order valence-electron chi connectivity index (χ1n) is 9.55. The fourth-order valence-electron chi connectivity index (χ4n) is 3.42. The molecule has 2 aromatic rings. The maximum Gasteiger partial charge on any atom is 0.288 e. The first-order chi connectivity index (χ1) is 14.4. The molecule has 1 atom stereocenters. The number of nitro groups is 1. The summed E-state index contributed by atoms with van der Waals surface area (Å²) in [6.07, 6.45) is 5.52. The van der Waals surface area contributed by atoms with Crippen molar-refractivity contribution in [3.8, 4) is 0 Å². The molecule has 0 bridgehead atoms. The fraction of sp³-hybridized carbons (Fsp3) is 0.333. The number of carbonyl (C=O) groups excluding carboxylic acids is 2. The fourth-order valence-corrected chi connectivity index (χ4v) is 4.08. The molecule has 2 N–H and O–H groups in total. The van der Waals surface area contributed by atoms with E-state index < -0.39 is 16.9 Å². The first kappa shape index (κ1) is 22.1. The van der Waals surface area contributed by atoms with Crippen molar-refractivity contribution in [1.82, 2.24) is 5.32 Å². The Kier molecular flexibility index (Phi) is 7.33. The number of carbonyl (C=O) groups is 2. The lowest BCUT2D eigenvalue weighted by atomic mass is 10.1. The van der Waals surface area contributed by atoms with Gasteiger partial charge in [-0.2, -0.15) is 11.8 Å². The van der Waals surface area contributed by atoms with Crippen LogP contribution in [0.3, 0.4) is 0 Å². The topological polar surface area (TPSA) is 101 Å². The van der Waals surface area contributed by atoms with Gasteiger partial charge >= 0.3 is 0 Å². The summed E-state index contributed by atoms with van der Waals surface area (Å²) in [6, 6.07) is 8.93. The summed E-state index contributed by atoms with van der Waals surface area (Å²) in [5, 5.41) is 16.6. The van der Waals surface area contributed by atoms with E-state index in [0.717, 1.165) is 25.3 Å². The molecule has 0 radical (unpaired) electrons. The highest BCUT2D eigenvalue weighted by molar-refractivity contribution is 7.98. The van der Waals surface area contributed by atoms with Gasteiger partial charge in [-0.25, -0.2) is 0 Å². The van der Waals surface area contributed by atoms with Crippen LogP contribution in [0.4, 0.5) is 11.4 Å². The molecule has 30 heavy (non-hydrogen) atoms. The first-order valence-corrected chi connectivity index (χ1v) is 11.3. The molecule has 0 saturated heterocycles. The third-order valence-corrected chi connectivity index (χ3v) is 5.97. The molecular formula is C21H22ClN3O4S. The molecule has 158 valence electrons. The van der Waals surface area contributed by atoms with Gasteiger partial charge in [-0.05, 0) is 73.1 Å². The van der Waals surface area contributed by atoms with E-state index in [1.807, 2.05) is 24.5 Å². The normalized spacial score (nSPS) is 13.4. The van der Waals surface area contributed by atoms with Gasteiger partial charge in [0.25, 0.3) is 11.6 Å². The number of thioether (sulfide) groups is 1. The molecule has 1 aliphatic rings. The van der Waals surface area contributed by atoms with Crippen molar-refractivity contribution in [3.63, 3.8) is 0 Å². The number of anilines is 1. The van der Waals surface area contributed by atoms with Crippen molar-refractivity contribution in [2.45, 2.75) is 31.7 Å². The van der Waals surface area contributed by atoms with Crippen LogP contribution < -0.4 is 10.6 Å². The summed E-state index contributed by atoms with van der Waals surface area (Å²) in [7, 11) is 0. The van der Waals surface area contributed by atoms with Gasteiger partial charge in [-0.1, -0.05) is 17.7 Å². The average molecular weight is 448 g/mol. The lowest BCUT2D eigenvalue weighted by Crippen LogP contribution is -2.44. The van der Waals surface area contributed by atoms with Gasteiger partial charge in [-0.15, -0.1) is 0 Å². The molecule has 0 heterocycles. The smallest absolute Gasteiger partial charge is 0.288 e. The second-order valence-electron chi connectivity index (χ2n) is 7.06. The third-order valence-electron chi connectivity index (χ3n) is 5.00. The van der Waals surface area contributed by atoms with Crippen LogP contribution in [-0.2, 0) is 17.6 Å². The van der Waals surface area contributed by atoms with Crippen molar-refractivity contribution < 1.29 is 14.5 Å². The number of halogens is 1. The number of aryl methyl sites for hydroxylation is 2. The predicted octanol–water partition coefficient (Wildman–Crippen LogP) is 4.23. The largest absolute Gasteiger partial charge is 0.340 e. The highest BCUT2D eigenvalue weighted by Crippen LogP contribution is 2.26. The summed E-state index contributed by atoms with van der Waals surface area (Å²) in [5.41, 5.74) is 2.97. The Morgan fingerprint density at radius 1 is 1.20 bits per heavy atom. The Labute approximate surface area is 183 Å². The Hall–Kier alpha value is -2.58. The van der Waals surface area contributed by atoms with E-state index in [9.17, 15) is 19.7 Å². The van der Waals surface area contributed by atoms with Crippen molar-refractivity contribution in [1.29, 1.82) is 0 Å². The molecule has 2 aromatic carbocycles. The Bertz CT molecular complexity index is 983. The van der Waals surface area contributed by atoms with Gasteiger partial charge in [0.1, 0.15) is 11.1 Å². The Balaban J connectivity index is 1.73. The van der Waals surface area contributed by atoms with Crippen molar-refractivity contribution in [2.75, 3.05) is 17.3 Å². The number of nitrogens with one attached hydrogen (secondary N) is 2. The van der Waals surface area contributed by atoms with E-state index in [2.05, 4.69) is 10.6 Å². The highest BCUT2D eigenvalue weighted by atomic mass is 35.5. The zero-order valence-corrected chi connectivity index (χ0v) is 18.0. The SMILES string of the molecule is CSCC[C@@H](NC(=O)c1ccc(Cl)c([N+](=O)[O-])c1)C(=O)Nc1ccc2c(c1)CCC2. The van der Waals surface area contributed by atoms with Gasteiger partial charge in [-0.3, -0.25) is 19.7 Å². The number of hydrogen-bond acceptors (Lipinski definition) is 5. The molecule has 3 rings (SSSR count). The third kappa shape index (κ3) is 5.31. The molecule has 0 saturated carbocycles. The molecule has 0 unspecified atom stereocenters. The van der Waals surface area contributed by atoms with E-state index in [0.29, 0.717) is 17.9 Å². The minimum atomic E-state index is -0.770. The summed E-state index contributed by atoms with van der Waals surface area (Å²) in [5.74, 6) is -0.215. The van der Waals surface area contributed by atoms with Crippen molar-refractivity contribution >= 4 is 46.6 Å². The highest BCUT2D eigenvalue weighted by Gasteiger charge is 2.23. The van der Waals surface area contributed by atoms with Crippen LogP contribution in [0.25, 0.3) is 0 Å². The zero-order chi connectivity index (χ0) is 21.7. The monoisotopic (exact) mass is 447 g/mol. The van der Waals surface area contributed by atoms with E-state index in [4.69, 9.17) is 11.6 Å². The van der Waals surface area contributed by atoms with Crippen molar-refractivity contribution in [2.24, 2.45) is 0 Å².